The maximum atomic E-state index is 12.1. The van der Waals surface area contributed by atoms with Crippen LogP contribution in [0.5, 0.6) is 0 Å². The fourth-order valence-electron chi connectivity index (χ4n) is 1.57. The van der Waals surface area contributed by atoms with Crippen molar-refractivity contribution in [3.05, 3.63) is 29.8 Å². The quantitative estimate of drug-likeness (QED) is 0.772. The van der Waals surface area contributed by atoms with Gasteiger partial charge in [-0.15, -0.1) is 0 Å². The Hall–Kier alpha value is -1.24. The summed E-state index contributed by atoms with van der Waals surface area (Å²) in [5, 5.41) is 0. The van der Waals surface area contributed by atoms with Crippen molar-refractivity contribution in [2.45, 2.75) is 31.2 Å². The van der Waals surface area contributed by atoms with Crippen molar-refractivity contribution in [1.29, 1.82) is 0 Å². The first-order valence-electron chi connectivity index (χ1n) is 5.99. The van der Waals surface area contributed by atoms with Crippen molar-refractivity contribution >= 4 is 15.8 Å². The average molecular weight is 285 g/mol. The van der Waals surface area contributed by atoms with E-state index in [1.165, 1.54) is 19.1 Å². The second-order valence-electron chi connectivity index (χ2n) is 4.39. The molecule has 1 atom stereocenters. The van der Waals surface area contributed by atoms with Crippen LogP contribution in [0.2, 0.25) is 0 Å². The third-order valence-electron chi connectivity index (χ3n) is 2.66. The van der Waals surface area contributed by atoms with Crippen molar-refractivity contribution in [2.75, 3.05) is 13.7 Å². The lowest BCUT2D eigenvalue weighted by molar-refractivity contribution is 0.101. The number of methoxy groups -OCH3 is 1. The lowest BCUT2D eigenvalue weighted by Crippen LogP contribution is -2.33. The van der Waals surface area contributed by atoms with Crippen LogP contribution in [-0.2, 0) is 14.8 Å². The molecule has 0 saturated heterocycles. The van der Waals surface area contributed by atoms with E-state index in [4.69, 9.17) is 4.74 Å². The minimum atomic E-state index is -3.60. The number of ketones is 1. The summed E-state index contributed by atoms with van der Waals surface area (Å²) in [7, 11) is -2.04. The molecule has 0 aromatic heterocycles. The van der Waals surface area contributed by atoms with Crippen LogP contribution in [0.1, 0.15) is 30.6 Å². The van der Waals surface area contributed by atoms with Gasteiger partial charge in [-0.25, -0.2) is 13.1 Å². The molecule has 1 rings (SSSR count). The Balaban J connectivity index is 2.88. The van der Waals surface area contributed by atoms with Crippen LogP contribution in [0.4, 0.5) is 0 Å². The zero-order valence-corrected chi connectivity index (χ0v) is 12.2. The molecule has 0 heterocycles. The van der Waals surface area contributed by atoms with Gasteiger partial charge < -0.3 is 4.74 Å². The average Bonchev–Trinajstić information content (AvgIpc) is 2.36. The summed E-state index contributed by atoms with van der Waals surface area (Å²) >= 11 is 0. The van der Waals surface area contributed by atoms with Gasteiger partial charge in [0.25, 0.3) is 0 Å². The third-order valence-corrected chi connectivity index (χ3v) is 4.25. The van der Waals surface area contributed by atoms with E-state index in [1.54, 1.807) is 26.2 Å². The molecule has 106 valence electrons. The largest absolute Gasteiger partial charge is 0.385 e. The molecular weight excluding hydrogens is 266 g/mol. The number of benzene rings is 1. The second-order valence-corrected chi connectivity index (χ2v) is 6.10. The van der Waals surface area contributed by atoms with Crippen molar-refractivity contribution in [2.24, 2.45) is 0 Å². The topological polar surface area (TPSA) is 72.5 Å². The molecule has 19 heavy (non-hydrogen) atoms. The summed E-state index contributed by atoms with van der Waals surface area (Å²) in [5.41, 5.74) is 0.382. The van der Waals surface area contributed by atoms with E-state index in [-0.39, 0.29) is 16.7 Å². The number of hydrogen-bond donors (Lipinski definition) is 1. The van der Waals surface area contributed by atoms with Gasteiger partial charge >= 0.3 is 0 Å². The number of nitrogens with one attached hydrogen (secondary N) is 1. The normalized spacial score (nSPS) is 13.2. The Labute approximate surface area is 114 Å². The van der Waals surface area contributed by atoms with Crippen molar-refractivity contribution in [3.63, 3.8) is 0 Å². The van der Waals surface area contributed by atoms with Crippen LogP contribution >= 0.6 is 0 Å². The van der Waals surface area contributed by atoms with Crippen LogP contribution < -0.4 is 4.72 Å². The Morgan fingerprint density at radius 3 is 2.68 bits per heavy atom. The van der Waals surface area contributed by atoms with Gasteiger partial charge in [-0.3, -0.25) is 4.79 Å². The molecule has 1 aromatic carbocycles. The van der Waals surface area contributed by atoms with Crippen molar-refractivity contribution in [3.8, 4) is 0 Å². The van der Waals surface area contributed by atoms with Crippen LogP contribution in [0.15, 0.2) is 29.2 Å². The van der Waals surface area contributed by atoms with Crippen LogP contribution in [-0.4, -0.2) is 34.0 Å². The van der Waals surface area contributed by atoms with Gasteiger partial charge in [-0.05, 0) is 32.4 Å². The molecule has 0 fully saturated rings. The predicted molar refractivity (Wildman–Crippen MR) is 72.7 cm³/mol. The van der Waals surface area contributed by atoms with E-state index in [9.17, 15) is 13.2 Å². The van der Waals surface area contributed by atoms with E-state index in [2.05, 4.69) is 4.72 Å². The van der Waals surface area contributed by atoms with Gasteiger partial charge in [0.15, 0.2) is 5.78 Å². The summed E-state index contributed by atoms with van der Waals surface area (Å²) in [5.74, 6) is -0.163. The summed E-state index contributed by atoms with van der Waals surface area (Å²) in [6.45, 7) is 3.66. The zero-order chi connectivity index (χ0) is 14.5. The van der Waals surface area contributed by atoms with Gasteiger partial charge in [-0.2, -0.15) is 0 Å². The molecule has 0 spiro atoms. The fraction of sp³-hybridized carbons (Fsp3) is 0.462. The summed E-state index contributed by atoms with van der Waals surface area (Å²) in [4.78, 5) is 11.4. The molecule has 0 amide bonds. The van der Waals surface area contributed by atoms with Crippen LogP contribution in [0, 0.1) is 0 Å². The maximum Gasteiger partial charge on any atom is 0.240 e. The Morgan fingerprint density at radius 2 is 2.11 bits per heavy atom. The minimum absolute atomic E-state index is 0.101. The lowest BCUT2D eigenvalue weighted by Gasteiger charge is -2.14. The predicted octanol–water partition coefficient (Wildman–Crippen LogP) is 1.59. The highest BCUT2D eigenvalue weighted by Crippen LogP contribution is 2.13. The number of Topliss-reactive ketones (excluding diaryl/α,β-unsaturated/α-hetero) is 1. The number of ether oxygens (including phenoxy) is 1. The molecule has 0 saturated carbocycles. The first kappa shape index (κ1) is 15.8. The molecule has 5 nitrogen and oxygen atoms in total. The molecule has 1 aromatic rings. The molecule has 0 bridgehead atoms. The van der Waals surface area contributed by atoms with E-state index in [1.807, 2.05) is 0 Å². The van der Waals surface area contributed by atoms with E-state index < -0.39 is 10.0 Å². The monoisotopic (exact) mass is 285 g/mol. The number of carbonyl (C=O) groups excluding carboxylic acids is 1. The number of hydrogen-bond acceptors (Lipinski definition) is 4. The molecule has 0 aliphatic heterocycles. The standard InChI is InChI=1S/C13H19NO4S/c1-10(7-8-18-3)14-19(16,17)13-6-4-5-12(9-13)11(2)15/h4-6,9-10,14H,7-8H2,1-3H3. The molecule has 0 aliphatic rings. The molecule has 6 heteroatoms. The van der Waals surface area contributed by atoms with Crippen molar-refractivity contribution < 1.29 is 17.9 Å². The Kier molecular flexibility index (Phi) is 5.65. The Morgan fingerprint density at radius 1 is 1.42 bits per heavy atom. The lowest BCUT2D eigenvalue weighted by atomic mass is 10.2. The van der Waals surface area contributed by atoms with E-state index >= 15 is 0 Å². The zero-order valence-electron chi connectivity index (χ0n) is 11.3. The smallest absolute Gasteiger partial charge is 0.240 e. The van der Waals surface area contributed by atoms with Crippen molar-refractivity contribution in [1.82, 2.24) is 4.72 Å². The van der Waals surface area contributed by atoms with Crippen LogP contribution in [0.25, 0.3) is 0 Å². The first-order valence-corrected chi connectivity index (χ1v) is 7.47. The fourth-order valence-corrected chi connectivity index (χ4v) is 2.89. The maximum absolute atomic E-state index is 12.1. The minimum Gasteiger partial charge on any atom is -0.385 e. The van der Waals surface area contributed by atoms with Gasteiger partial charge in [0.2, 0.25) is 10.0 Å². The van der Waals surface area contributed by atoms with Crippen LogP contribution in [0.3, 0.4) is 0 Å². The molecule has 0 radical (unpaired) electrons. The number of sulfonamides is 1. The van der Waals surface area contributed by atoms with E-state index in [0.29, 0.717) is 18.6 Å². The van der Waals surface area contributed by atoms with E-state index in [0.717, 1.165) is 0 Å². The van der Waals surface area contributed by atoms with Gasteiger partial charge in [0.05, 0.1) is 4.90 Å². The summed E-state index contributed by atoms with van der Waals surface area (Å²) < 4.78 is 31.7. The number of carbonyl (C=O) groups is 1. The van der Waals surface area contributed by atoms with Gasteiger partial charge in [0, 0.05) is 25.3 Å². The number of rotatable bonds is 7. The highest BCUT2D eigenvalue weighted by molar-refractivity contribution is 7.89. The van der Waals surface area contributed by atoms with Gasteiger partial charge in [0.1, 0.15) is 0 Å². The first-order chi connectivity index (χ1) is 8.86. The molecule has 1 N–H and O–H groups in total. The molecule has 1 unspecified atom stereocenters. The SMILES string of the molecule is COCCC(C)NS(=O)(=O)c1cccc(C(C)=O)c1. The summed E-state index contributed by atoms with van der Waals surface area (Å²) in [6.07, 6.45) is 0.585. The highest BCUT2D eigenvalue weighted by atomic mass is 32.2. The highest BCUT2D eigenvalue weighted by Gasteiger charge is 2.18. The summed E-state index contributed by atoms with van der Waals surface area (Å²) in [6, 6.07) is 5.78. The third kappa shape index (κ3) is 4.74. The molecule has 0 aliphatic carbocycles. The Bertz CT molecular complexity index is 539. The second kappa shape index (κ2) is 6.79. The molecular formula is C13H19NO4S. The van der Waals surface area contributed by atoms with Gasteiger partial charge in [-0.1, -0.05) is 12.1 Å².